The average Bonchev–Trinajstić information content (AvgIpc) is 3.53. The second kappa shape index (κ2) is 8.16. The molecule has 31 heavy (non-hydrogen) atoms. The van der Waals surface area contributed by atoms with Gasteiger partial charge in [-0.1, -0.05) is 41.6 Å². The molecule has 0 fully saturated rings. The van der Waals surface area contributed by atoms with Gasteiger partial charge in [0.05, 0.1) is 4.88 Å². The van der Waals surface area contributed by atoms with E-state index in [1.807, 2.05) is 77.5 Å². The lowest BCUT2D eigenvalue weighted by Gasteiger charge is -2.07. The van der Waals surface area contributed by atoms with Crippen LogP contribution in [0, 0.1) is 6.92 Å². The summed E-state index contributed by atoms with van der Waals surface area (Å²) in [5.41, 5.74) is 3.56. The Morgan fingerprint density at radius 3 is 2.81 bits per heavy atom. The molecule has 7 nitrogen and oxygen atoms in total. The summed E-state index contributed by atoms with van der Waals surface area (Å²) in [6.45, 7) is 2.02. The number of aryl methyl sites for hydroxylation is 2. The van der Waals surface area contributed by atoms with E-state index in [-0.39, 0.29) is 12.3 Å². The topological polar surface area (TPSA) is 85.3 Å². The van der Waals surface area contributed by atoms with Crippen molar-refractivity contribution in [2.24, 2.45) is 0 Å². The van der Waals surface area contributed by atoms with Gasteiger partial charge >= 0.3 is 0 Å². The first kappa shape index (κ1) is 19.2. The summed E-state index contributed by atoms with van der Waals surface area (Å²) in [4.78, 5) is 22.8. The number of hydrogen-bond acceptors (Lipinski definition) is 6. The number of thiophene rings is 1. The highest BCUT2D eigenvalue weighted by Gasteiger charge is 2.17. The molecule has 0 radical (unpaired) electrons. The third-order valence-corrected chi connectivity index (χ3v) is 5.73. The van der Waals surface area contributed by atoms with Gasteiger partial charge in [0.25, 0.3) is 0 Å². The molecule has 1 amide bonds. The molecule has 0 aliphatic heterocycles. The monoisotopic (exact) mass is 429 g/mol. The second-order valence-corrected chi connectivity index (χ2v) is 8.09. The lowest BCUT2D eigenvalue weighted by atomic mass is 10.1. The standard InChI is InChI=1S/C23H19N5O2S/c1-15-11-12-28-18(14-15)24-21(16-6-3-2-4-7-16)23(28)25-19(29)9-10-20-26-22(27-30-20)17-8-5-13-31-17/h2-8,11-14H,9-10H2,1H3,(H,25,29). The summed E-state index contributed by atoms with van der Waals surface area (Å²) in [7, 11) is 0. The number of amides is 1. The summed E-state index contributed by atoms with van der Waals surface area (Å²) < 4.78 is 7.20. The highest BCUT2D eigenvalue weighted by Crippen LogP contribution is 2.29. The van der Waals surface area contributed by atoms with Crippen molar-refractivity contribution in [3.63, 3.8) is 0 Å². The molecule has 4 heterocycles. The number of rotatable bonds is 6. The quantitative estimate of drug-likeness (QED) is 0.411. The number of carbonyl (C=O) groups excluding carboxylic acids is 1. The van der Waals surface area contributed by atoms with Gasteiger partial charge in [0.15, 0.2) is 0 Å². The van der Waals surface area contributed by atoms with Crippen LogP contribution in [-0.4, -0.2) is 25.4 Å². The number of anilines is 1. The zero-order chi connectivity index (χ0) is 21.2. The van der Waals surface area contributed by atoms with Gasteiger partial charge in [-0.3, -0.25) is 9.20 Å². The number of carbonyl (C=O) groups is 1. The van der Waals surface area contributed by atoms with Crippen LogP contribution in [0.4, 0.5) is 5.82 Å². The Morgan fingerprint density at radius 1 is 1.13 bits per heavy atom. The van der Waals surface area contributed by atoms with Crippen molar-refractivity contribution < 1.29 is 9.32 Å². The van der Waals surface area contributed by atoms with E-state index >= 15 is 0 Å². The van der Waals surface area contributed by atoms with Crippen molar-refractivity contribution in [3.8, 4) is 22.0 Å². The van der Waals surface area contributed by atoms with Crippen molar-refractivity contribution in [2.45, 2.75) is 19.8 Å². The van der Waals surface area contributed by atoms with Crippen LogP contribution >= 0.6 is 11.3 Å². The van der Waals surface area contributed by atoms with Gasteiger partial charge in [0.1, 0.15) is 17.2 Å². The Morgan fingerprint density at radius 2 is 2.00 bits per heavy atom. The number of pyridine rings is 1. The first-order chi connectivity index (χ1) is 15.2. The fraction of sp³-hybridized carbons (Fsp3) is 0.130. The Bertz CT molecular complexity index is 1340. The molecule has 0 saturated carbocycles. The summed E-state index contributed by atoms with van der Waals surface area (Å²) in [6.07, 6.45) is 2.51. The van der Waals surface area contributed by atoms with Crippen molar-refractivity contribution >= 4 is 28.7 Å². The Hall–Kier alpha value is -3.78. The van der Waals surface area contributed by atoms with E-state index in [9.17, 15) is 4.79 Å². The fourth-order valence-corrected chi connectivity index (χ4v) is 3.99. The predicted octanol–water partition coefficient (Wildman–Crippen LogP) is 4.99. The Kier molecular flexibility index (Phi) is 5.05. The van der Waals surface area contributed by atoms with E-state index in [0.29, 0.717) is 24.0 Å². The maximum absolute atomic E-state index is 12.8. The minimum Gasteiger partial charge on any atom is -0.339 e. The first-order valence-corrected chi connectivity index (χ1v) is 10.8. The minimum atomic E-state index is -0.143. The van der Waals surface area contributed by atoms with E-state index in [4.69, 9.17) is 9.51 Å². The molecule has 5 aromatic rings. The van der Waals surface area contributed by atoms with E-state index in [2.05, 4.69) is 15.5 Å². The van der Waals surface area contributed by atoms with Crippen LogP contribution in [0.15, 0.2) is 70.7 Å². The van der Waals surface area contributed by atoms with Gasteiger partial charge in [0.2, 0.25) is 17.6 Å². The maximum atomic E-state index is 12.8. The molecule has 0 unspecified atom stereocenters. The van der Waals surface area contributed by atoms with Crippen molar-refractivity contribution in [3.05, 3.63) is 77.6 Å². The number of nitrogens with one attached hydrogen (secondary N) is 1. The Balaban J connectivity index is 1.36. The molecule has 1 N–H and O–H groups in total. The average molecular weight is 430 g/mol. The largest absolute Gasteiger partial charge is 0.339 e. The van der Waals surface area contributed by atoms with E-state index in [1.54, 1.807) is 11.3 Å². The van der Waals surface area contributed by atoms with Gasteiger partial charge in [-0.25, -0.2) is 4.98 Å². The van der Waals surface area contributed by atoms with Crippen LogP contribution in [0.1, 0.15) is 17.9 Å². The van der Waals surface area contributed by atoms with Crippen LogP contribution in [0.3, 0.4) is 0 Å². The van der Waals surface area contributed by atoms with Gasteiger partial charge in [-0.15, -0.1) is 11.3 Å². The molecule has 1 aromatic carbocycles. The molecule has 0 saturated heterocycles. The molecule has 4 aromatic heterocycles. The smallest absolute Gasteiger partial charge is 0.227 e. The van der Waals surface area contributed by atoms with Crippen LogP contribution in [0.2, 0.25) is 0 Å². The molecule has 0 aliphatic carbocycles. The molecule has 8 heteroatoms. The van der Waals surface area contributed by atoms with Gasteiger partial charge in [-0.2, -0.15) is 4.98 Å². The minimum absolute atomic E-state index is 0.143. The molecular formula is C23H19N5O2S. The molecule has 0 atom stereocenters. The van der Waals surface area contributed by atoms with Gasteiger partial charge in [-0.05, 0) is 36.1 Å². The van der Waals surface area contributed by atoms with Crippen molar-refractivity contribution in [2.75, 3.05) is 5.32 Å². The number of imidazole rings is 1. The number of fused-ring (bicyclic) bond motifs is 1. The van der Waals surface area contributed by atoms with Crippen LogP contribution in [0.25, 0.3) is 27.6 Å². The Labute approximate surface area is 182 Å². The molecule has 5 rings (SSSR count). The molecule has 0 aliphatic rings. The first-order valence-electron chi connectivity index (χ1n) is 9.88. The van der Waals surface area contributed by atoms with Gasteiger partial charge < -0.3 is 9.84 Å². The molecule has 0 bridgehead atoms. The number of benzene rings is 1. The van der Waals surface area contributed by atoms with Crippen molar-refractivity contribution in [1.29, 1.82) is 0 Å². The van der Waals surface area contributed by atoms with Crippen LogP contribution < -0.4 is 5.32 Å². The number of hydrogen-bond donors (Lipinski definition) is 1. The summed E-state index contributed by atoms with van der Waals surface area (Å²) in [5, 5.41) is 8.98. The lowest BCUT2D eigenvalue weighted by Crippen LogP contribution is -2.14. The zero-order valence-electron chi connectivity index (χ0n) is 16.8. The van der Waals surface area contributed by atoms with E-state index < -0.39 is 0 Å². The van der Waals surface area contributed by atoms with E-state index in [0.717, 1.165) is 27.3 Å². The van der Waals surface area contributed by atoms with Crippen LogP contribution in [-0.2, 0) is 11.2 Å². The van der Waals surface area contributed by atoms with Crippen molar-refractivity contribution in [1.82, 2.24) is 19.5 Å². The normalized spacial score (nSPS) is 11.1. The third-order valence-electron chi connectivity index (χ3n) is 4.86. The SMILES string of the molecule is Cc1ccn2c(NC(=O)CCc3nc(-c4cccs4)no3)c(-c3ccccc3)nc2c1. The molecule has 0 spiro atoms. The number of aromatic nitrogens is 4. The summed E-state index contributed by atoms with van der Waals surface area (Å²) in [5.74, 6) is 1.50. The highest BCUT2D eigenvalue weighted by molar-refractivity contribution is 7.13. The fourth-order valence-electron chi connectivity index (χ4n) is 3.34. The predicted molar refractivity (Wildman–Crippen MR) is 120 cm³/mol. The summed E-state index contributed by atoms with van der Waals surface area (Å²) in [6, 6.07) is 17.7. The number of nitrogens with zero attached hydrogens (tertiary/aromatic N) is 4. The summed E-state index contributed by atoms with van der Waals surface area (Å²) >= 11 is 1.54. The zero-order valence-corrected chi connectivity index (χ0v) is 17.6. The molecule has 154 valence electrons. The maximum Gasteiger partial charge on any atom is 0.227 e. The van der Waals surface area contributed by atoms with Gasteiger partial charge in [0, 0.05) is 24.6 Å². The second-order valence-electron chi connectivity index (χ2n) is 7.14. The van der Waals surface area contributed by atoms with E-state index in [1.165, 1.54) is 0 Å². The van der Waals surface area contributed by atoms with Crippen LogP contribution in [0.5, 0.6) is 0 Å². The highest BCUT2D eigenvalue weighted by atomic mass is 32.1. The molecular weight excluding hydrogens is 410 g/mol. The third kappa shape index (κ3) is 3.97. The lowest BCUT2D eigenvalue weighted by molar-refractivity contribution is -0.116.